The van der Waals surface area contributed by atoms with E-state index in [2.05, 4.69) is 24.8 Å². The molecule has 0 aliphatic rings. The fourth-order valence-corrected chi connectivity index (χ4v) is 2.94. The van der Waals surface area contributed by atoms with Crippen molar-refractivity contribution in [1.29, 1.82) is 0 Å². The van der Waals surface area contributed by atoms with Gasteiger partial charge in [-0.15, -0.1) is 0 Å². The molecule has 192 valence electrons. The number of hydrogen-bond acceptors (Lipinski definition) is 4. The van der Waals surface area contributed by atoms with Gasteiger partial charge in [0.1, 0.15) is 0 Å². The molecule has 0 saturated carbocycles. The molecule has 0 aliphatic carbocycles. The quantitative estimate of drug-likeness (QED) is 0.0825. The van der Waals surface area contributed by atoms with Crippen molar-refractivity contribution in [3.05, 3.63) is 37.1 Å². The molecule has 0 bridgehead atoms. The number of ether oxygens (including phenoxy) is 1. The van der Waals surface area contributed by atoms with Gasteiger partial charge in [-0.05, 0) is 12.0 Å². The van der Waals surface area contributed by atoms with Gasteiger partial charge in [0.25, 0.3) is 0 Å². The molecule has 0 amide bonds. The van der Waals surface area contributed by atoms with Crippen molar-refractivity contribution in [1.82, 2.24) is 0 Å². The van der Waals surface area contributed by atoms with Crippen molar-refractivity contribution < 1.29 is 29.3 Å². The SMILES string of the molecule is C=CCl.C=COC(=O)CCCCCCCCCCCCCCCCC.O=C(O)/C=C\C(=O)O. The molecular weight excluding hydrogens is 444 g/mol. The molecule has 0 spiro atoms. The maximum absolute atomic E-state index is 11.1. The molecule has 6 nitrogen and oxygen atoms in total. The minimum absolute atomic E-state index is 0.148. The molecule has 7 heteroatoms. The van der Waals surface area contributed by atoms with Crippen LogP contribution in [0.15, 0.2) is 37.1 Å². The Bertz CT molecular complexity index is 501. The normalized spacial score (nSPS) is 9.76. The van der Waals surface area contributed by atoms with Crippen molar-refractivity contribution in [3.63, 3.8) is 0 Å². The molecule has 0 fully saturated rings. The Morgan fingerprint density at radius 1 is 0.697 bits per heavy atom. The highest BCUT2D eigenvalue weighted by Gasteiger charge is 2.00. The number of halogens is 1. The van der Waals surface area contributed by atoms with Gasteiger partial charge >= 0.3 is 17.9 Å². The van der Waals surface area contributed by atoms with E-state index in [1.165, 1.54) is 95.3 Å². The monoisotopic (exact) mass is 488 g/mol. The third-order valence-corrected chi connectivity index (χ3v) is 4.57. The summed E-state index contributed by atoms with van der Waals surface area (Å²) in [5.74, 6) is -2.66. The maximum atomic E-state index is 11.1. The molecule has 0 saturated heterocycles. The predicted octanol–water partition coefficient (Wildman–Crippen LogP) is 8.02. The van der Waals surface area contributed by atoms with Crippen LogP contribution in [0, 0.1) is 0 Å². The molecule has 33 heavy (non-hydrogen) atoms. The second-order valence-electron chi connectivity index (χ2n) is 7.52. The van der Waals surface area contributed by atoms with E-state index in [1.807, 2.05) is 0 Å². The number of carboxylic acids is 2. The van der Waals surface area contributed by atoms with Gasteiger partial charge in [0.2, 0.25) is 0 Å². The standard InChI is InChI=1S/C20H38O2.C4H4O4.C2H3Cl/c1-3-5-6-7-8-9-10-11-12-13-14-15-16-17-18-19-20(21)22-4-2;5-3(6)1-2-4(7)8;1-2-3/h4H,2-3,5-19H2,1H3;1-2H,(H,5,6)(H,7,8);2H,1H2/b;2-1-;. The first-order valence-corrected chi connectivity index (χ1v) is 12.4. The Hall–Kier alpha value is -2.08. The third-order valence-electron chi connectivity index (χ3n) is 4.57. The zero-order valence-electron chi connectivity index (χ0n) is 20.4. The third kappa shape index (κ3) is 44.4. The Labute approximate surface area is 205 Å². The number of carbonyl (C=O) groups is 3. The van der Waals surface area contributed by atoms with Crippen LogP contribution in [0.3, 0.4) is 0 Å². The van der Waals surface area contributed by atoms with Gasteiger partial charge in [0, 0.05) is 18.6 Å². The van der Waals surface area contributed by atoms with Crippen molar-refractivity contribution in [2.45, 2.75) is 110 Å². The summed E-state index contributed by atoms with van der Waals surface area (Å²) in [6.07, 6.45) is 23.0. The summed E-state index contributed by atoms with van der Waals surface area (Å²) >= 11 is 4.76. The second-order valence-corrected chi connectivity index (χ2v) is 7.83. The van der Waals surface area contributed by atoms with Gasteiger partial charge in [0.05, 0.1) is 6.26 Å². The largest absolute Gasteiger partial charge is 0.478 e. The van der Waals surface area contributed by atoms with Gasteiger partial charge in [0.15, 0.2) is 0 Å². The highest BCUT2D eigenvalue weighted by atomic mass is 35.5. The van der Waals surface area contributed by atoms with Gasteiger partial charge in [-0.3, -0.25) is 4.79 Å². The highest BCUT2D eigenvalue weighted by molar-refractivity contribution is 6.25. The first-order chi connectivity index (χ1) is 15.8. The summed E-state index contributed by atoms with van der Waals surface area (Å²) in [7, 11) is 0. The van der Waals surface area contributed by atoms with Crippen LogP contribution in [0.2, 0.25) is 0 Å². The van der Waals surface area contributed by atoms with Gasteiger partial charge in [-0.2, -0.15) is 0 Å². The summed E-state index contributed by atoms with van der Waals surface area (Å²) in [5.41, 5.74) is 1.22. The Balaban J connectivity index is -0.000000677. The van der Waals surface area contributed by atoms with Crippen LogP contribution in [0.25, 0.3) is 0 Å². The molecule has 0 radical (unpaired) electrons. The number of hydrogen-bond donors (Lipinski definition) is 2. The molecule has 0 rings (SSSR count). The average molecular weight is 489 g/mol. The fraction of sp³-hybridized carbons (Fsp3) is 0.654. The van der Waals surface area contributed by atoms with E-state index in [0.29, 0.717) is 18.6 Å². The molecule has 0 unspecified atom stereocenters. The minimum atomic E-state index is -1.26. The van der Waals surface area contributed by atoms with E-state index in [9.17, 15) is 14.4 Å². The van der Waals surface area contributed by atoms with Crippen LogP contribution in [0.1, 0.15) is 110 Å². The fourth-order valence-electron chi connectivity index (χ4n) is 2.94. The summed E-state index contributed by atoms with van der Waals surface area (Å²) in [5, 5.41) is 15.6. The molecule has 0 aromatic heterocycles. The number of carboxylic acid groups (broad SMARTS) is 2. The van der Waals surface area contributed by atoms with Crippen molar-refractivity contribution in [3.8, 4) is 0 Å². The number of carbonyl (C=O) groups excluding carboxylic acids is 1. The van der Waals surface area contributed by atoms with E-state index in [4.69, 9.17) is 21.8 Å². The van der Waals surface area contributed by atoms with Crippen LogP contribution >= 0.6 is 11.6 Å². The number of aliphatic carboxylic acids is 2. The Morgan fingerprint density at radius 3 is 1.27 bits per heavy atom. The second kappa shape index (κ2) is 32.1. The molecule has 0 aliphatic heterocycles. The van der Waals surface area contributed by atoms with Gasteiger partial charge in [-0.1, -0.05) is 122 Å². The molecule has 2 N–H and O–H groups in total. The van der Waals surface area contributed by atoms with Crippen LogP contribution < -0.4 is 0 Å². The lowest BCUT2D eigenvalue weighted by Crippen LogP contribution is -1.98. The molecule has 0 heterocycles. The highest BCUT2D eigenvalue weighted by Crippen LogP contribution is 2.13. The molecule has 0 aromatic rings. The zero-order chi connectivity index (χ0) is 25.6. The van der Waals surface area contributed by atoms with Crippen LogP contribution in [0.5, 0.6) is 0 Å². The van der Waals surface area contributed by atoms with Crippen LogP contribution in [-0.4, -0.2) is 28.1 Å². The summed E-state index contributed by atoms with van der Waals surface area (Å²) in [4.78, 5) is 30.2. The smallest absolute Gasteiger partial charge is 0.328 e. The summed E-state index contributed by atoms with van der Waals surface area (Å²) < 4.78 is 4.69. The van der Waals surface area contributed by atoms with Crippen LogP contribution in [0.4, 0.5) is 0 Å². The van der Waals surface area contributed by atoms with Gasteiger partial charge in [-0.25, -0.2) is 9.59 Å². The summed E-state index contributed by atoms with van der Waals surface area (Å²) in [6, 6.07) is 0. The van der Waals surface area contributed by atoms with Crippen molar-refractivity contribution >= 4 is 29.5 Å². The first kappa shape index (κ1) is 35.5. The lowest BCUT2D eigenvalue weighted by atomic mass is 10.0. The zero-order valence-corrected chi connectivity index (χ0v) is 21.2. The van der Waals surface area contributed by atoms with Gasteiger partial charge < -0.3 is 14.9 Å². The first-order valence-electron chi connectivity index (χ1n) is 12.0. The predicted molar refractivity (Wildman–Crippen MR) is 136 cm³/mol. The van der Waals surface area contributed by atoms with Crippen molar-refractivity contribution in [2.75, 3.05) is 0 Å². The number of unbranched alkanes of at least 4 members (excludes halogenated alkanes) is 14. The van der Waals surface area contributed by atoms with E-state index in [-0.39, 0.29) is 5.97 Å². The van der Waals surface area contributed by atoms with E-state index in [0.717, 1.165) is 12.8 Å². The summed E-state index contributed by atoms with van der Waals surface area (Å²) in [6.45, 7) is 8.78. The molecule has 0 atom stereocenters. The van der Waals surface area contributed by atoms with Crippen LogP contribution in [-0.2, 0) is 19.1 Å². The number of esters is 1. The average Bonchev–Trinajstić information content (AvgIpc) is 2.76. The van der Waals surface area contributed by atoms with E-state index < -0.39 is 11.9 Å². The van der Waals surface area contributed by atoms with E-state index >= 15 is 0 Å². The lowest BCUT2D eigenvalue weighted by Gasteiger charge is -2.03. The Kier molecular flexibility index (Phi) is 34.5. The molecule has 0 aromatic carbocycles. The topological polar surface area (TPSA) is 101 Å². The maximum Gasteiger partial charge on any atom is 0.328 e. The number of rotatable bonds is 19. The van der Waals surface area contributed by atoms with E-state index in [1.54, 1.807) is 0 Å². The Morgan fingerprint density at radius 2 is 1.00 bits per heavy atom. The van der Waals surface area contributed by atoms with Crippen molar-refractivity contribution in [2.24, 2.45) is 0 Å². The molecular formula is C26H45ClO6. The lowest BCUT2D eigenvalue weighted by molar-refractivity contribution is -0.138. The minimum Gasteiger partial charge on any atom is -0.478 e.